The highest BCUT2D eigenvalue weighted by atomic mass is 19.4. The van der Waals surface area contributed by atoms with Gasteiger partial charge in [-0.05, 0) is 24.6 Å². The molecule has 0 spiro atoms. The average Bonchev–Trinajstić information content (AvgIpc) is 2.92. The van der Waals surface area contributed by atoms with Gasteiger partial charge in [-0.2, -0.15) is 13.2 Å². The minimum absolute atomic E-state index is 0.0724. The monoisotopic (exact) mass is 311 g/mol. The van der Waals surface area contributed by atoms with Crippen LogP contribution in [0, 0.1) is 6.92 Å². The molecule has 22 heavy (non-hydrogen) atoms. The normalized spacial score (nSPS) is 11.5. The van der Waals surface area contributed by atoms with Crippen molar-refractivity contribution < 1.29 is 22.4 Å². The van der Waals surface area contributed by atoms with Gasteiger partial charge in [-0.3, -0.25) is 4.79 Å². The molecule has 0 radical (unpaired) electrons. The number of carbonyl (C=O) groups excluding carboxylic acids is 1. The van der Waals surface area contributed by atoms with Crippen molar-refractivity contribution in [2.45, 2.75) is 26.1 Å². The van der Waals surface area contributed by atoms with Crippen molar-refractivity contribution in [3.8, 4) is 0 Å². The van der Waals surface area contributed by atoms with E-state index in [-0.39, 0.29) is 13.0 Å². The van der Waals surface area contributed by atoms with E-state index in [4.69, 9.17) is 4.42 Å². The Morgan fingerprint density at radius 3 is 2.41 bits per heavy atom. The van der Waals surface area contributed by atoms with Crippen LogP contribution in [0.15, 0.2) is 47.1 Å². The molecule has 6 heteroatoms. The fourth-order valence-corrected chi connectivity index (χ4v) is 2.03. The zero-order valence-corrected chi connectivity index (χ0v) is 12.1. The van der Waals surface area contributed by atoms with E-state index in [2.05, 4.69) is 0 Å². The smallest absolute Gasteiger partial charge is 0.406 e. The first-order chi connectivity index (χ1) is 10.3. The summed E-state index contributed by atoms with van der Waals surface area (Å²) in [6, 6.07) is 10.2. The summed E-state index contributed by atoms with van der Waals surface area (Å²) in [6.07, 6.45) is -3.15. The van der Waals surface area contributed by atoms with E-state index in [0.717, 1.165) is 10.5 Å². The third-order valence-corrected chi connectivity index (χ3v) is 3.13. The molecule has 0 aliphatic carbocycles. The molecule has 0 aliphatic rings. The maximum absolute atomic E-state index is 12.7. The minimum Gasteiger partial charge on any atom is -0.467 e. The lowest BCUT2D eigenvalue weighted by molar-refractivity contribution is -0.162. The zero-order chi connectivity index (χ0) is 16.2. The summed E-state index contributed by atoms with van der Waals surface area (Å²) < 4.78 is 43.0. The number of furan rings is 1. The molecule has 0 saturated heterocycles. The Morgan fingerprint density at radius 2 is 1.86 bits per heavy atom. The van der Waals surface area contributed by atoms with Gasteiger partial charge in [0.1, 0.15) is 12.3 Å². The largest absolute Gasteiger partial charge is 0.467 e. The number of nitrogens with zero attached hydrogens (tertiary/aromatic N) is 1. The molecule has 2 aromatic rings. The average molecular weight is 311 g/mol. The molecular formula is C16H16F3NO2. The molecule has 0 bridgehead atoms. The van der Waals surface area contributed by atoms with Crippen LogP contribution in [0.1, 0.15) is 16.9 Å². The van der Waals surface area contributed by atoms with Crippen molar-refractivity contribution in [1.29, 1.82) is 0 Å². The Kier molecular flexibility index (Phi) is 4.90. The Labute approximate surface area is 126 Å². The lowest BCUT2D eigenvalue weighted by atomic mass is 10.1. The van der Waals surface area contributed by atoms with Crippen LogP contribution < -0.4 is 0 Å². The molecule has 3 nitrogen and oxygen atoms in total. The van der Waals surface area contributed by atoms with Gasteiger partial charge < -0.3 is 9.32 Å². The summed E-state index contributed by atoms with van der Waals surface area (Å²) in [6.45, 7) is 0.411. The third-order valence-electron chi connectivity index (χ3n) is 3.13. The van der Waals surface area contributed by atoms with Crippen molar-refractivity contribution >= 4 is 5.91 Å². The van der Waals surface area contributed by atoms with Gasteiger partial charge in [0.2, 0.25) is 5.91 Å². The van der Waals surface area contributed by atoms with Crippen LogP contribution in [0.4, 0.5) is 13.2 Å². The second-order valence-corrected chi connectivity index (χ2v) is 5.11. The molecule has 0 saturated carbocycles. The van der Waals surface area contributed by atoms with Gasteiger partial charge in [0.25, 0.3) is 0 Å². The number of halogens is 3. The summed E-state index contributed by atoms with van der Waals surface area (Å²) in [5, 5.41) is 0. The summed E-state index contributed by atoms with van der Waals surface area (Å²) in [5.41, 5.74) is 1.71. The van der Waals surface area contributed by atoms with E-state index in [0.29, 0.717) is 11.3 Å². The van der Waals surface area contributed by atoms with Crippen LogP contribution in [0.5, 0.6) is 0 Å². The van der Waals surface area contributed by atoms with Gasteiger partial charge in [0.05, 0.1) is 19.2 Å². The van der Waals surface area contributed by atoms with Gasteiger partial charge in [-0.15, -0.1) is 0 Å². The first kappa shape index (κ1) is 16.1. The van der Waals surface area contributed by atoms with Crippen LogP contribution in [0.3, 0.4) is 0 Å². The lowest BCUT2D eigenvalue weighted by Crippen LogP contribution is -2.39. The van der Waals surface area contributed by atoms with E-state index >= 15 is 0 Å². The highest BCUT2D eigenvalue weighted by Gasteiger charge is 2.33. The van der Waals surface area contributed by atoms with E-state index in [9.17, 15) is 18.0 Å². The third kappa shape index (κ3) is 4.95. The van der Waals surface area contributed by atoms with Gasteiger partial charge >= 0.3 is 6.18 Å². The van der Waals surface area contributed by atoms with E-state index in [1.807, 2.05) is 19.1 Å². The topological polar surface area (TPSA) is 33.5 Å². The number of carbonyl (C=O) groups is 1. The Bertz CT molecular complexity index is 603. The summed E-state index contributed by atoms with van der Waals surface area (Å²) in [5.74, 6) is -0.265. The molecular weight excluding hydrogens is 295 g/mol. The Morgan fingerprint density at radius 1 is 1.18 bits per heavy atom. The molecule has 0 unspecified atom stereocenters. The fraction of sp³-hybridized carbons (Fsp3) is 0.312. The minimum atomic E-state index is -4.45. The van der Waals surface area contributed by atoms with E-state index in [1.54, 1.807) is 24.3 Å². The maximum atomic E-state index is 12.7. The van der Waals surface area contributed by atoms with Gasteiger partial charge in [0, 0.05) is 0 Å². The van der Waals surface area contributed by atoms with Crippen molar-refractivity contribution in [1.82, 2.24) is 4.90 Å². The Hall–Kier alpha value is -2.24. The van der Waals surface area contributed by atoms with Gasteiger partial charge in [-0.1, -0.05) is 29.8 Å². The van der Waals surface area contributed by atoms with Crippen molar-refractivity contribution in [2.75, 3.05) is 6.54 Å². The first-order valence-corrected chi connectivity index (χ1v) is 6.76. The molecule has 0 fully saturated rings. The molecule has 1 aromatic heterocycles. The number of hydrogen-bond acceptors (Lipinski definition) is 2. The quantitative estimate of drug-likeness (QED) is 0.843. The molecule has 1 aromatic carbocycles. The van der Waals surface area contributed by atoms with Crippen LogP contribution in [0.2, 0.25) is 0 Å². The van der Waals surface area contributed by atoms with Gasteiger partial charge in [-0.25, -0.2) is 0 Å². The first-order valence-electron chi connectivity index (χ1n) is 6.76. The summed E-state index contributed by atoms with van der Waals surface area (Å²) in [4.78, 5) is 12.9. The zero-order valence-electron chi connectivity index (χ0n) is 12.1. The fourth-order valence-electron chi connectivity index (χ4n) is 2.03. The predicted octanol–water partition coefficient (Wildman–Crippen LogP) is 3.72. The standard InChI is InChI=1S/C16H16F3NO2/c1-12-4-6-13(7-5-12)9-15(21)20(11-16(17,18)19)10-14-3-2-8-22-14/h2-8H,9-11H2,1H3. The SMILES string of the molecule is Cc1ccc(CC(=O)N(Cc2ccco2)CC(F)(F)F)cc1. The molecule has 1 amide bonds. The molecule has 0 N–H and O–H groups in total. The lowest BCUT2D eigenvalue weighted by Gasteiger charge is -2.23. The van der Waals surface area contributed by atoms with E-state index in [1.165, 1.54) is 6.26 Å². The predicted molar refractivity (Wildman–Crippen MR) is 75.1 cm³/mol. The number of alkyl halides is 3. The summed E-state index contributed by atoms with van der Waals surface area (Å²) in [7, 11) is 0. The molecule has 118 valence electrons. The van der Waals surface area contributed by atoms with Crippen molar-refractivity contribution in [3.63, 3.8) is 0 Å². The molecule has 0 aliphatic heterocycles. The number of hydrogen-bond donors (Lipinski definition) is 0. The Balaban J connectivity index is 2.09. The van der Waals surface area contributed by atoms with Crippen LogP contribution in [0.25, 0.3) is 0 Å². The second kappa shape index (κ2) is 6.68. The van der Waals surface area contributed by atoms with Crippen LogP contribution in [-0.2, 0) is 17.8 Å². The van der Waals surface area contributed by atoms with Crippen LogP contribution >= 0.6 is 0 Å². The van der Waals surface area contributed by atoms with Crippen molar-refractivity contribution in [3.05, 3.63) is 59.5 Å². The molecule has 1 heterocycles. The highest BCUT2D eigenvalue weighted by molar-refractivity contribution is 5.78. The number of aryl methyl sites for hydroxylation is 1. The summed E-state index contributed by atoms with van der Waals surface area (Å²) >= 11 is 0. The number of benzene rings is 1. The number of rotatable bonds is 5. The highest BCUT2D eigenvalue weighted by Crippen LogP contribution is 2.19. The number of amides is 1. The maximum Gasteiger partial charge on any atom is 0.406 e. The van der Waals surface area contributed by atoms with Gasteiger partial charge in [0.15, 0.2) is 0 Å². The molecule has 0 atom stereocenters. The van der Waals surface area contributed by atoms with E-state index < -0.39 is 18.6 Å². The molecule has 2 rings (SSSR count). The van der Waals surface area contributed by atoms with Crippen molar-refractivity contribution in [2.24, 2.45) is 0 Å². The second-order valence-electron chi connectivity index (χ2n) is 5.11. The van der Waals surface area contributed by atoms with Crippen LogP contribution in [-0.4, -0.2) is 23.5 Å².